The first-order valence-corrected chi connectivity index (χ1v) is 7.71. The number of likely N-dealkylation sites (tertiary alicyclic amines) is 1. The molecule has 4 heteroatoms. The maximum absolute atomic E-state index is 12.0. The van der Waals surface area contributed by atoms with Gasteiger partial charge in [0, 0.05) is 17.6 Å². The van der Waals surface area contributed by atoms with Gasteiger partial charge in [-0.1, -0.05) is 19.1 Å². The molecule has 0 atom stereocenters. The molecule has 1 amide bonds. The lowest BCUT2D eigenvalue weighted by Gasteiger charge is -2.30. The molecule has 0 spiro atoms. The van der Waals surface area contributed by atoms with Gasteiger partial charge in [0.2, 0.25) is 0 Å². The first-order valence-electron chi connectivity index (χ1n) is 6.92. The Labute approximate surface area is 123 Å². The Hall–Kier alpha value is -0.870. The van der Waals surface area contributed by atoms with Gasteiger partial charge in [-0.05, 0) is 59.9 Å². The molecule has 0 bridgehead atoms. The molecule has 3 nitrogen and oxygen atoms in total. The zero-order valence-corrected chi connectivity index (χ0v) is 12.9. The van der Waals surface area contributed by atoms with Crippen LogP contribution in [-0.2, 0) is 0 Å². The summed E-state index contributed by atoms with van der Waals surface area (Å²) in [5, 5.41) is 2.99. The average molecular weight is 325 g/mol. The van der Waals surface area contributed by atoms with Crippen LogP contribution in [-0.4, -0.2) is 37.0 Å². The fourth-order valence-corrected chi connectivity index (χ4v) is 2.82. The fourth-order valence-electron chi connectivity index (χ4n) is 2.35. The number of amides is 1. The van der Waals surface area contributed by atoms with Crippen molar-refractivity contribution < 1.29 is 4.79 Å². The molecule has 1 aromatic rings. The summed E-state index contributed by atoms with van der Waals surface area (Å²) in [6.07, 6.45) is 2.55. The predicted molar refractivity (Wildman–Crippen MR) is 81.3 cm³/mol. The molecule has 0 saturated carbocycles. The summed E-state index contributed by atoms with van der Waals surface area (Å²) in [7, 11) is 0. The van der Waals surface area contributed by atoms with E-state index in [0.29, 0.717) is 12.1 Å². The van der Waals surface area contributed by atoms with Crippen LogP contribution < -0.4 is 5.32 Å². The van der Waals surface area contributed by atoms with Crippen LogP contribution in [0.15, 0.2) is 28.7 Å². The van der Waals surface area contributed by atoms with Gasteiger partial charge in [0.25, 0.3) is 5.91 Å². The molecule has 0 unspecified atom stereocenters. The second-order valence-corrected chi connectivity index (χ2v) is 6.11. The maximum Gasteiger partial charge on any atom is 0.252 e. The van der Waals surface area contributed by atoms with Gasteiger partial charge in [-0.25, -0.2) is 0 Å². The van der Waals surface area contributed by atoms with Gasteiger partial charge in [0.15, 0.2) is 0 Å². The Morgan fingerprint density at radius 3 is 2.74 bits per heavy atom. The number of carbonyl (C=O) groups is 1. The van der Waals surface area contributed by atoms with Crippen LogP contribution in [0.1, 0.15) is 30.1 Å². The summed E-state index contributed by atoms with van der Waals surface area (Å²) < 4.78 is 0.847. The van der Waals surface area contributed by atoms with Gasteiger partial charge in [0.05, 0.1) is 5.56 Å². The van der Waals surface area contributed by atoms with Gasteiger partial charge in [-0.15, -0.1) is 0 Å². The van der Waals surface area contributed by atoms with Gasteiger partial charge in [-0.3, -0.25) is 4.79 Å². The molecule has 1 aliphatic heterocycles. The highest BCUT2D eigenvalue weighted by Crippen LogP contribution is 2.16. The van der Waals surface area contributed by atoms with Crippen molar-refractivity contribution in [3.63, 3.8) is 0 Å². The zero-order chi connectivity index (χ0) is 13.7. The van der Waals surface area contributed by atoms with E-state index in [0.717, 1.165) is 30.0 Å². The third-order valence-corrected chi connectivity index (χ3v) is 4.40. The van der Waals surface area contributed by atoms with E-state index in [2.05, 4.69) is 33.1 Å². The number of carbonyl (C=O) groups excluding carboxylic acids is 1. The van der Waals surface area contributed by atoms with E-state index in [1.165, 1.54) is 12.8 Å². The van der Waals surface area contributed by atoms with E-state index in [9.17, 15) is 4.79 Å². The van der Waals surface area contributed by atoms with Crippen molar-refractivity contribution in [2.75, 3.05) is 26.2 Å². The number of hydrogen-bond donors (Lipinski definition) is 1. The van der Waals surface area contributed by atoms with Crippen molar-refractivity contribution in [1.82, 2.24) is 10.2 Å². The molecule has 1 aliphatic rings. The highest BCUT2D eigenvalue weighted by Gasteiger charge is 2.15. The molecule has 0 aliphatic carbocycles. The minimum Gasteiger partial charge on any atom is -0.351 e. The lowest BCUT2D eigenvalue weighted by Crippen LogP contribution is -2.39. The van der Waals surface area contributed by atoms with E-state index in [4.69, 9.17) is 0 Å². The van der Waals surface area contributed by atoms with E-state index in [1.54, 1.807) is 0 Å². The predicted octanol–water partition coefficient (Wildman–Crippen LogP) is 2.91. The molecule has 104 valence electrons. The molecule has 1 aromatic carbocycles. The van der Waals surface area contributed by atoms with Crippen LogP contribution in [0.5, 0.6) is 0 Å². The second-order valence-electron chi connectivity index (χ2n) is 5.26. The quantitative estimate of drug-likeness (QED) is 0.923. The SMILES string of the molecule is CC1CCN(CCNC(=O)c2ccccc2Br)CC1. The largest absolute Gasteiger partial charge is 0.351 e. The zero-order valence-electron chi connectivity index (χ0n) is 11.4. The molecule has 1 saturated heterocycles. The number of nitrogens with one attached hydrogen (secondary N) is 1. The first kappa shape index (κ1) is 14.5. The topological polar surface area (TPSA) is 32.3 Å². The summed E-state index contributed by atoms with van der Waals surface area (Å²) in [6, 6.07) is 7.52. The third-order valence-electron chi connectivity index (χ3n) is 3.71. The number of nitrogens with zero attached hydrogens (tertiary/aromatic N) is 1. The molecule has 19 heavy (non-hydrogen) atoms. The molecule has 1 heterocycles. The van der Waals surface area contributed by atoms with Gasteiger partial charge in [-0.2, -0.15) is 0 Å². The minimum atomic E-state index is -0.00199. The van der Waals surface area contributed by atoms with Crippen molar-refractivity contribution in [2.45, 2.75) is 19.8 Å². The molecule has 0 aromatic heterocycles. The van der Waals surface area contributed by atoms with Crippen LogP contribution in [0, 0.1) is 5.92 Å². The molecule has 0 radical (unpaired) electrons. The average Bonchev–Trinajstić information content (AvgIpc) is 2.41. The van der Waals surface area contributed by atoms with Crippen LogP contribution >= 0.6 is 15.9 Å². The molecule has 1 N–H and O–H groups in total. The second kappa shape index (κ2) is 7.06. The Morgan fingerprint density at radius 2 is 2.05 bits per heavy atom. The van der Waals surface area contributed by atoms with E-state index in [1.807, 2.05) is 24.3 Å². The van der Waals surface area contributed by atoms with E-state index in [-0.39, 0.29) is 5.91 Å². The first-order chi connectivity index (χ1) is 9.16. The Morgan fingerprint density at radius 1 is 1.37 bits per heavy atom. The highest BCUT2D eigenvalue weighted by atomic mass is 79.9. The number of rotatable bonds is 4. The summed E-state index contributed by atoms with van der Waals surface area (Å²) in [4.78, 5) is 14.4. The standard InChI is InChI=1S/C15H21BrN2O/c1-12-6-9-18(10-7-12)11-8-17-15(19)13-4-2-3-5-14(13)16/h2-5,12H,6-11H2,1H3,(H,17,19). The molecule has 1 fully saturated rings. The van der Waals surface area contributed by atoms with Crippen molar-refractivity contribution in [2.24, 2.45) is 5.92 Å². The number of halogens is 1. The van der Waals surface area contributed by atoms with Crippen LogP contribution in [0.4, 0.5) is 0 Å². The Kier molecular flexibility index (Phi) is 5.40. The Bertz CT molecular complexity index is 428. The van der Waals surface area contributed by atoms with Crippen LogP contribution in [0.25, 0.3) is 0 Å². The van der Waals surface area contributed by atoms with Crippen molar-refractivity contribution in [3.8, 4) is 0 Å². The number of hydrogen-bond acceptors (Lipinski definition) is 2. The van der Waals surface area contributed by atoms with Gasteiger partial charge < -0.3 is 10.2 Å². The molecule has 2 rings (SSSR count). The number of benzene rings is 1. The number of piperidine rings is 1. The summed E-state index contributed by atoms with van der Waals surface area (Å²) >= 11 is 3.40. The van der Waals surface area contributed by atoms with Crippen LogP contribution in [0.2, 0.25) is 0 Å². The van der Waals surface area contributed by atoms with Gasteiger partial charge in [0.1, 0.15) is 0 Å². The summed E-state index contributed by atoms with van der Waals surface area (Å²) in [5.74, 6) is 0.851. The van der Waals surface area contributed by atoms with Crippen molar-refractivity contribution >= 4 is 21.8 Å². The smallest absolute Gasteiger partial charge is 0.252 e. The van der Waals surface area contributed by atoms with Crippen molar-refractivity contribution in [3.05, 3.63) is 34.3 Å². The molecular weight excluding hydrogens is 304 g/mol. The minimum absolute atomic E-state index is 0.00199. The fraction of sp³-hybridized carbons (Fsp3) is 0.533. The van der Waals surface area contributed by atoms with Crippen LogP contribution in [0.3, 0.4) is 0 Å². The van der Waals surface area contributed by atoms with E-state index >= 15 is 0 Å². The highest BCUT2D eigenvalue weighted by molar-refractivity contribution is 9.10. The summed E-state index contributed by atoms with van der Waals surface area (Å²) in [5.41, 5.74) is 0.703. The third kappa shape index (κ3) is 4.32. The molecular formula is C15H21BrN2O. The van der Waals surface area contributed by atoms with E-state index < -0.39 is 0 Å². The van der Waals surface area contributed by atoms with Gasteiger partial charge >= 0.3 is 0 Å². The lowest BCUT2D eigenvalue weighted by molar-refractivity contribution is 0.0943. The Balaban J connectivity index is 1.74. The maximum atomic E-state index is 12.0. The van der Waals surface area contributed by atoms with Crippen molar-refractivity contribution in [1.29, 1.82) is 0 Å². The monoisotopic (exact) mass is 324 g/mol. The lowest BCUT2D eigenvalue weighted by atomic mass is 9.99. The summed E-state index contributed by atoms with van der Waals surface area (Å²) in [6.45, 7) is 6.29. The normalized spacial score (nSPS) is 17.4.